The van der Waals surface area contributed by atoms with E-state index in [4.69, 9.17) is 10.00 Å². The van der Waals surface area contributed by atoms with Gasteiger partial charge in [-0.3, -0.25) is 9.59 Å². The van der Waals surface area contributed by atoms with Gasteiger partial charge in [0.25, 0.3) is 11.8 Å². The molecule has 0 aliphatic carbocycles. The second-order valence-corrected chi connectivity index (χ2v) is 6.39. The van der Waals surface area contributed by atoms with Crippen LogP contribution in [0, 0.1) is 11.3 Å². The number of nitrogens with one attached hydrogen (secondary N) is 1. The molecular formula is C21H21N3O3. The molecule has 0 bridgehead atoms. The van der Waals surface area contributed by atoms with Gasteiger partial charge in [0.2, 0.25) is 0 Å². The number of likely N-dealkylation sites (tertiary alicyclic amines) is 1. The van der Waals surface area contributed by atoms with Gasteiger partial charge in [0.15, 0.2) is 6.61 Å². The van der Waals surface area contributed by atoms with Crippen molar-refractivity contribution in [3.63, 3.8) is 0 Å². The van der Waals surface area contributed by atoms with Crippen molar-refractivity contribution in [3.05, 3.63) is 59.7 Å². The normalized spacial score (nSPS) is 13.1. The van der Waals surface area contributed by atoms with E-state index >= 15 is 0 Å². The third-order valence-corrected chi connectivity index (χ3v) is 4.39. The zero-order chi connectivity index (χ0) is 19.1. The summed E-state index contributed by atoms with van der Waals surface area (Å²) in [6, 6.07) is 16.0. The van der Waals surface area contributed by atoms with Crippen molar-refractivity contribution >= 4 is 17.5 Å². The smallest absolute Gasteiger partial charge is 0.262 e. The third kappa shape index (κ3) is 5.08. The molecule has 6 nitrogen and oxygen atoms in total. The first-order chi connectivity index (χ1) is 13.2. The van der Waals surface area contributed by atoms with Gasteiger partial charge in [0, 0.05) is 24.3 Å². The van der Waals surface area contributed by atoms with Gasteiger partial charge in [-0.1, -0.05) is 12.1 Å². The molecule has 0 radical (unpaired) electrons. The molecule has 2 aromatic carbocycles. The summed E-state index contributed by atoms with van der Waals surface area (Å²) in [5.41, 5.74) is 2.15. The number of carbonyl (C=O) groups is 2. The van der Waals surface area contributed by atoms with Crippen molar-refractivity contribution in [2.45, 2.75) is 19.3 Å². The Kier molecular flexibility index (Phi) is 6.06. The minimum Gasteiger partial charge on any atom is -0.484 e. The van der Waals surface area contributed by atoms with Gasteiger partial charge < -0.3 is 15.0 Å². The van der Waals surface area contributed by atoms with Crippen LogP contribution in [0.2, 0.25) is 0 Å². The Morgan fingerprint density at radius 3 is 2.33 bits per heavy atom. The zero-order valence-corrected chi connectivity index (χ0v) is 15.0. The highest BCUT2D eigenvalue weighted by Gasteiger charge is 2.19. The highest BCUT2D eigenvalue weighted by Crippen LogP contribution is 2.16. The molecule has 1 fully saturated rings. The Morgan fingerprint density at radius 1 is 1.04 bits per heavy atom. The van der Waals surface area contributed by atoms with Gasteiger partial charge >= 0.3 is 0 Å². The maximum atomic E-state index is 12.3. The van der Waals surface area contributed by atoms with Crippen LogP contribution in [0.1, 0.15) is 28.8 Å². The van der Waals surface area contributed by atoms with Crippen LogP contribution in [0.3, 0.4) is 0 Å². The van der Waals surface area contributed by atoms with Gasteiger partial charge in [-0.05, 0) is 54.8 Å². The highest BCUT2D eigenvalue weighted by atomic mass is 16.5. The first kappa shape index (κ1) is 18.5. The number of anilines is 1. The maximum absolute atomic E-state index is 12.3. The summed E-state index contributed by atoms with van der Waals surface area (Å²) in [5, 5.41) is 11.4. The summed E-state index contributed by atoms with van der Waals surface area (Å²) in [4.78, 5) is 26.2. The van der Waals surface area contributed by atoms with Crippen LogP contribution >= 0.6 is 0 Å². The average Bonchev–Trinajstić information content (AvgIpc) is 3.23. The molecule has 0 aromatic heterocycles. The lowest BCUT2D eigenvalue weighted by Gasteiger charge is -2.15. The second-order valence-electron chi connectivity index (χ2n) is 6.39. The minimum absolute atomic E-state index is 0.0357. The van der Waals surface area contributed by atoms with Gasteiger partial charge in [-0.2, -0.15) is 5.26 Å². The number of carbonyl (C=O) groups excluding carboxylic acids is 2. The van der Waals surface area contributed by atoms with Crippen LogP contribution in [0.15, 0.2) is 48.5 Å². The number of amides is 2. The predicted octanol–water partition coefficient (Wildman–Crippen LogP) is 3.01. The first-order valence-electron chi connectivity index (χ1n) is 8.93. The predicted molar refractivity (Wildman–Crippen MR) is 101 cm³/mol. The van der Waals surface area contributed by atoms with E-state index in [9.17, 15) is 9.59 Å². The Balaban J connectivity index is 1.49. The SMILES string of the molecule is N#CCc1ccc(OCC(=O)Nc2ccc(C(=O)N3CCCC3)cc2)cc1. The number of ether oxygens (including phenoxy) is 1. The van der Waals surface area contributed by atoms with Crippen LogP contribution in [0.5, 0.6) is 5.75 Å². The summed E-state index contributed by atoms with van der Waals surface area (Å²) < 4.78 is 5.45. The van der Waals surface area contributed by atoms with E-state index in [1.165, 1.54) is 0 Å². The molecule has 138 valence electrons. The van der Waals surface area contributed by atoms with Crippen LogP contribution < -0.4 is 10.1 Å². The number of hydrogen-bond acceptors (Lipinski definition) is 4. The average molecular weight is 363 g/mol. The summed E-state index contributed by atoms with van der Waals surface area (Å²) in [5.74, 6) is 0.321. The second kappa shape index (κ2) is 8.86. The number of hydrogen-bond donors (Lipinski definition) is 1. The van der Waals surface area contributed by atoms with Gasteiger partial charge in [-0.15, -0.1) is 0 Å². The Hall–Kier alpha value is -3.33. The number of benzene rings is 2. The van der Waals surface area contributed by atoms with Crippen LogP contribution in [-0.4, -0.2) is 36.4 Å². The molecule has 3 rings (SSSR count). The molecule has 1 aliphatic heterocycles. The lowest BCUT2D eigenvalue weighted by atomic mass is 10.2. The third-order valence-electron chi connectivity index (χ3n) is 4.39. The molecule has 0 saturated carbocycles. The van der Waals surface area contributed by atoms with Crippen molar-refractivity contribution in [2.75, 3.05) is 25.0 Å². The van der Waals surface area contributed by atoms with E-state index in [2.05, 4.69) is 11.4 Å². The van der Waals surface area contributed by atoms with Crippen LogP contribution in [0.25, 0.3) is 0 Å². The molecule has 6 heteroatoms. The zero-order valence-electron chi connectivity index (χ0n) is 15.0. The van der Waals surface area contributed by atoms with Crippen molar-refractivity contribution in [2.24, 2.45) is 0 Å². The fourth-order valence-electron chi connectivity index (χ4n) is 2.94. The topological polar surface area (TPSA) is 82.4 Å². The fourth-order valence-corrected chi connectivity index (χ4v) is 2.94. The monoisotopic (exact) mass is 363 g/mol. The molecule has 27 heavy (non-hydrogen) atoms. The van der Waals surface area contributed by atoms with Crippen molar-refractivity contribution < 1.29 is 14.3 Å². The van der Waals surface area contributed by atoms with E-state index < -0.39 is 0 Å². The van der Waals surface area contributed by atoms with Crippen molar-refractivity contribution in [3.8, 4) is 11.8 Å². The van der Waals surface area contributed by atoms with Crippen molar-refractivity contribution in [1.82, 2.24) is 4.90 Å². The molecule has 1 aliphatic rings. The summed E-state index contributed by atoms with van der Waals surface area (Å²) in [6.07, 6.45) is 2.46. The summed E-state index contributed by atoms with van der Waals surface area (Å²) >= 11 is 0. The lowest BCUT2D eigenvalue weighted by Crippen LogP contribution is -2.27. The highest BCUT2D eigenvalue weighted by molar-refractivity contribution is 5.96. The quantitative estimate of drug-likeness (QED) is 0.855. The van der Waals surface area contributed by atoms with Crippen molar-refractivity contribution in [1.29, 1.82) is 5.26 Å². The van der Waals surface area contributed by atoms with E-state index in [-0.39, 0.29) is 18.4 Å². The van der Waals surface area contributed by atoms with Gasteiger partial charge in [0.1, 0.15) is 5.75 Å². The molecule has 2 amide bonds. The standard InChI is InChI=1S/C21H21N3O3/c22-12-11-16-3-9-19(10-4-16)27-15-20(25)23-18-7-5-17(6-8-18)21(26)24-13-1-2-14-24/h3-10H,1-2,11,13-15H2,(H,23,25). The summed E-state index contributed by atoms with van der Waals surface area (Å²) in [7, 11) is 0. The molecule has 1 N–H and O–H groups in total. The molecule has 0 unspecified atom stereocenters. The Labute approximate surface area is 158 Å². The lowest BCUT2D eigenvalue weighted by molar-refractivity contribution is -0.118. The number of rotatable bonds is 6. The molecule has 2 aromatic rings. The van der Waals surface area contributed by atoms with Crippen LogP contribution in [0.4, 0.5) is 5.69 Å². The largest absolute Gasteiger partial charge is 0.484 e. The molecule has 0 spiro atoms. The van der Waals surface area contributed by atoms with E-state index in [0.29, 0.717) is 23.4 Å². The maximum Gasteiger partial charge on any atom is 0.262 e. The minimum atomic E-state index is -0.283. The summed E-state index contributed by atoms with van der Waals surface area (Å²) in [6.45, 7) is 1.50. The van der Waals surface area contributed by atoms with E-state index in [0.717, 1.165) is 31.5 Å². The molecule has 0 atom stereocenters. The first-order valence-corrected chi connectivity index (χ1v) is 8.93. The van der Waals surface area contributed by atoms with Gasteiger partial charge in [-0.25, -0.2) is 0 Å². The van der Waals surface area contributed by atoms with E-state index in [1.54, 1.807) is 48.5 Å². The number of nitriles is 1. The van der Waals surface area contributed by atoms with Gasteiger partial charge in [0.05, 0.1) is 12.5 Å². The molecular weight excluding hydrogens is 342 g/mol. The number of nitrogens with zero attached hydrogens (tertiary/aromatic N) is 2. The fraction of sp³-hybridized carbons (Fsp3) is 0.286. The molecule has 1 saturated heterocycles. The Bertz CT molecular complexity index is 832. The van der Waals surface area contributed by atoms with E-state index in [1.807, 2.05) is 4.90 Å². The molecule has 1 heterocycles. The Morgan fingerprint density at radius 2 is 1.70 bits per heavy atom. The van der Waals surface area contributed by atoms with Crippen LogP contribution in [-0.2, 0) is 11.2 Å².